The first-order valence-electron chi connectivity index (χ1n) is 10.9. The molecule has 2 amide bonds. The molecule has 7 nitrogen and oxygen atoms in total. The maximum absolute atomic E-state index is 13.4. The first-order chi connectivity index (χ1) is 16.2. The monoisotopic (exact) mass is 460 g/mol. The number of imide groups is 1. The molecule has 0 aliphatic carbocycles. The number of hydrogen-bond acceptors (Lipinski definition) is 5. The van der Waals surface area contributed by atoms with Gasteiger partial charge in [-0.25, -0.2) is 14.5 Å². The molecule has 3 rings (SSSR count). The van der Waals surface area contributed by atoms with Crippen molar-refractivity contribution in [2.75, 3.05) is 11.4 Å². The van der Waals surface area contributed by atoms with Crippen LogP contribution in [0.4, 0.5) is 16.2 Å². The van der Waals surface area contributed by atoms with Crippen molar-refractivity contribution in [1.82, 2.24) is 4.90 Å². The van der Waals surface area contributed by atoms with Gasteiger partial charge in [-0.2, -0.15) is 0 Å². The maximum Gasteiger partial charge on any atom is 0.418 e. The molecule has 0 aliphatic rings. The minimum Gasteiger partial charge on any atom is -0.480 e. The molecule has 0 aliphatic heterocycles. The van der Waals surface area contributed by atoms with Crippen LogP contribution >= 0.6 is 0 Å². The molecule has 3 aromatic rings. The van der Waals surface area contributed by atoms with Crippen molar-refractivity contribution in [3.8, 4) is 0 Å². The number of benzene rings is 3. The first kappa shape index (κ1) is 24.5. The van der Waals surface area contributed by atoms with E-state index in [0.29, 0.717) is 4.90 Å². The van der Waals surface area contributed by atoms with Gasteiger partial charge in [0, 0.05) is 16.9 Å². The Hall–Kier alpha value is -4.13. The van der Waals surface area contributed by atoms with E-state index in [2.05, 4.69) is 0 Å². The summed E-state index contributed by atoms with van der Waals surface area (Å²) in [6.07, 6.45) is -1.02. The summed E-state index contributed by atoms with van der Waals surface area (Å²) in [4.78, 5) is 41.6. The Morgan fingerprint density at radius 3 is 1.65 bits per heavy atom. The summed E-state index contributed by atoms with van der Waals surface area (Å²) in [6.45, 7) is 4.80. The highest BCUT2D eigenvalue weighted by atomic mass is 16.6. The minimum absolute atomic E-state index is 0.179. The third-order valence-electron chi connectivity index (χ3n) is 4.92. The number of ether oxygens (including phenoxy) is 1. The largest absolute Gasteiger partial charge is 0.480 e. The van der Waals surface area contributed by atoms with Crippen molar-refractivity contribution in [3.05, 3.63) is 96.6 Å². The molecule has 0 spiro atoms. The van der Waals surface area contributed by atoms with Crippen molar-refractivity contribution in [3.63, 3.8) is 0 Å². The Bertz CT molecular complexity index is 1070. The van der Waals surface area contributed by atoms with Crippen molar-refractivity contribution in [2.24, 2.45) is 0 Å². The van der Waals surface area contributed by atoms with Crippen LogP contribution in [0.5, 0.6) is 0 Å². The number of carbonyl (C=O) groups is 3. The number of aliphatic carboxylic acids is 1. The number of carboxylic acid groups (broad SMARTS) is 1. The zero-order chi connectivity index (χ0) is 24.7. The van der Waals surface area contributed by atoms with Crippen LogP contribution in [0, 0.1) is 0 Å². The standard InChI is InChI=1S/C27H28N2O5/c1-27(2,3)34-26(33)29(24(30)20-13-7-4-8-14-20)23(25(31)32)19-28(21-15-9-5-10-16-21)22-17-11-6-12-18-22/h4-18,23H,19H2,1-3H3,(H,31,32)/t23-/m0/s1. The van der Waals surface area contributed by atoms with E-state index in [1.807, 2.05) is 60.7 Å². The maximum atomic E-state index is 13.4. The fraction of sp³-hybridized carbons (Fsp3) is 0.222. The average Bonchev–Trinajstić information content (AvgIpc) is 2.81. The second kappa shape index (κ2) is 10.7. The van der Waals surface area contributed by atoms with Crippen LogP contribution in [0.1, 0.15) is 31.1 Å². The van der Waals surface area contributed by atoms with Crippen LogP contribution in [0.3, 0.4) is 0 Å². The summed E-state index contributed by atoms with van der Waals surface area (Å²) in [5.74, 6) is -2.07. The van der Waals surface area contributed by atoms with Gasteiger partial charge in [0.1, 0.15) is 5.60 Å². The number of amides is 2. The van der Waals surface area contributed by atoms with Crippen molar-refractivity contribution in [1.29, 1.82) is 0 Å². The third-order valence-corrected chi connectivity index (χ3v) is 4.92. The van der Waals surface area contributed by atoms with Gasteiger partial charge in [-0.1, -0.05) is 54.6 Å². The van der Waals surface area contributed by atoms with E-state index < -0.39 is 29.6 Å². The Balaban J connectivity index is 2.07. The van der Waals surface area contributed by atoms with E-state index in [1.165, 1.54) is 12.1 Å². The van der Waals surface area contributed by atoms with Crippen LogP contribution in [-0.2, 0) is 9.53 Å². The predicted octanol–water partition coefficient (Wildman–Crippen LogP) is 5.36. The quantitative estimate of drug-likeness (QED) is 0.511. The molecule has 7 heteroatoms. The lowest BCUT2D eigenvalue weighted by Crippen LogP contribution is -2.54. The van der Waals surface area contributed by atoms with Crippen molar-refractivity contribution >= 4 is 29.3 Å². The number of nitrogens with zero attached hydrogens (tertiary/aromatic N) is 2. The van der Waals surface area contributed by atoms with Gasteiger partial charge in [-0.15, -0.1) is 0 Å². The van der Waals surface area contributed by atoms with Crippen LogP contribution in [0.25, 0.3) is 0 Å². The van der Waals surface area contributed by atoms with Crippen LogP contribution in [0.15, 0.2) is 91.0 Å². The molecule has 3 aromatic carbocycles. The number of para-hydroxylation sites is 2. The summed E-state index contributed by atoms with van der Waals surface area (Å²) < 4.78 is 5.45. The predicted molar refractivity (Wildman–Crippen MR) is 130 cm³/mol. The summed E-state index contributed by atoms with van der Waals surface area (Å²) in [5.41, 5.74) is 0.701. The highest BCUT2D eigenvalue weighted by Gasteiger charge is 2.39. The van der Waals surface area contributed by atoms with E-state index in [9.17, 15) is 19.5 Å². The number of anilines is 2. The normalized spacial score (nSPS) is 11.9. The summed E-state index contributed by atoms with van der Waals surface area (Å²) in [6, 6.07) is 25.0. The van der Waals surface area contributed by atoms with Crippen LogP contribution in [-0.4, -0.2) is 46.2 Å². The molecule has 34 heavy (non-hydrogen) atoms. The van der Waals surface area contributed by atoms with Gasteiger partial charge in [-0.3, -0.25) is 4.79 Å². The van der Waals surface area contributed by atoms with Gasteiger partial charge in [0.15, 0.2) is 6.04 Å². The Morgan fingerprint density at radius 1 is 0.794 bits per heavy atom. The van der Waals surface area contributed by atoms with Gasteiger partial charge < -0.3 is 14.7 Å². The minimum atomic E-state index is -1.53. The van der Waals surface area contributed by atoms with Gasteiger partial charge >= 0.3 is 12.1 Å². The molecule has 176 valence electrons. The summed E-state index contributed by atoms with van der Waals surface area (Å²) >= 11 is 0. The number of carboxylic acids is 1. The van der Waals surface area contributed by atoms with Gasteiger partial charge in [0.2, 0.25) is 0 Å². The lowest BCUT2D eigenvalue weighted by molar-refractivity contribution is -0.141. The molecule has 0 saturated carbocycles. The lowest BCUT2D eigenvalue weighted by Gasteiger charge is -2.34. The van der Waals surface area contributed by atoms with Crippen molar-refractivity contribution < 1.29 is 24.2 Å². The molecule has 0 heterocycles. The zero-order valence-electron chi connectivity index (χ0n) is 19.4. The van der Waals surface area contributed by atoms with E-state index in [4.69, 9.17) is 4.74 Å². The fourth-order valence-corrected chi connectivity index (χ4v) is 3.40. The molecule has 1 atom stereocenters. The van der Waals surface area contributed by atoms with Crippen LogP contribution < -0.4 is 4.90 Å². The second-order valence-corrected chi connectivity index (χ2v) is 8.66. The van der Waals surface area contributed by atoms with Crippen LogP contribution in [0.2, 0.25) is 0 Å². The molecule has 0 unspecified atom stereocenters. The highest BCUT2D eigenvalue weighted by molar-refractivity contribution is 6.05. The van der Waals surface area contributed by atoms with Crippen molar-refractivity contribution in [2.45, 2.75) is 32.4 Å². The number of hydrogen-bond donors (Lipinski definition) is 1. The smallest absolute Gasteiger partial charge is 0.418 e. The summed E-state index contributed by atoms with van der Waals surface area (Å²) in [5, 5.41) is 10.2. The van der Waals surface area contributed by atoms with Gasteiger partial charge in [-0.05, 0) is 57.2 Å². The molecule has 1 N–H and O–H groups in total. The number of rotatable bonds is 7. The third kappa shape index (κ3) is 6.22. The first-order valence-corrected chi connectivity index (χ1v) is 10.9. The molecule has 0 aromatic heterocycles. The molecule has 0 fully saturated rings. The summed E-state index contributed by atoms with van der Waals surface area (Å²) in [7, 11) is 0. The van der Waals surface area contributed by atoms with E-state index in [0.717, 1.165) is 11.4 Å². The SMILES string of the molecule is CC(C)(C)OC(=O)N(C(=O)c1ccccc1)[C@@H](CN(c1ccccc1)c1ccccc1)C(=O)O. The molecule has 0 radical (unpaired) electrons. The molecule has 0 saturated heterocycles. The number of carbonyl (C=O) groups excluding carboxylic acids is 2. The zero-order valence-corrected chi connectivity index (χ0v) is 19.4. The molecule has 0 bridgehead atoms. The van der Waals surface area contributed by atoms with Gasteiger partial charge in [0.25, 0.3) is 5.91 Å². The average molecular weight is 461 g/mol. The Morgan fingerprint density at radius 2 is 1.24 bits per heavy atom. The lowest BCUT2D eigenvalue weighted by atomic mass is 10.1. The Kier molecular flexibility index (Phi) is 7.68. The molecular weight excluding hydrogens is 432 g/mol. The fourth-order valence-electron chi connectivity index (χ4n) is 3.40. The topological polar surface area (TPSA) is 87.2 Å². The molecular formula is C27H28N2O5. The van der Waals surface area contributed by atoms with E-state index in [-0.39, 0.29) is 12.1 Å². The highest BCUT2D eigenvalue weighted by Crippen LogP contribution is 2.27. The van der Waals surface area contributed by atoms with E-state index in [1.54, 1.807) is 43.9 Å². The van der Waals surface area contributed by atoms with Gasteiger partial charge in [0.05, 0.1) is 6.54 Å². The second-order valence-electron chi connectivity index (χ2n) is 8.66. The van der Waals surface area contributed by atoms with E-state index >= 15 is 0 Å². The Labute approximate surface area is 199 Å².